The van der Waals surface area contributed by atoms with Gasteiger partial charge in [0.05, 0.1) is 0 Å². The Morgan fingerprint density at radius 3 is 2.47 bits per heavy atom. The first-order chi connectivity index (χ1) is 6.80. The maximum absolute atomic E-state index is 11.5. The van der Waals surface area contributed by atoms with Crippen molar-refractivity contribution in [3.8, 4) is 0 Å². The molecule has 0 spiro atoms. The van der Waals surface area contributed by atoms with Crippen molar-refractivity contribution in [2.75, 3.05) is 6.26 Å². The molecule has 5 heteroatoms. The molecule has 0 amide bonds. The number of carbonyl (C=O) groups is 1. The third-order valence-electron chi connectivity index (χ3n) is 1.87. The lowest BCUT2D eigenvalue weighted by atomic mass is 10.1. The van der Waals surface area contributed by atoms with Gasteiger partial charge in [-0.15, -0.1) is 0 Å². The van der Waals surface area contributed by atoms with E-state index < -0.39 is 9.84 Å². The number of hydrogen-bond donors (Lipinski definition) is 0. The minimum absolute atomic E-state index is 0.0506. The Kier molecular flexibility index (Phi) is 3.34. The van der Waals surface area contributed by atoms with Crippen LogP contribution in [0.25, 0.3) is 0 Å². The van der Waals surface area contributed by atoms with Crippen molar-refractivity contribution in [1.82, 2.24) is 0 Å². The third kappa shape index (κ3) is 3.20. The number of rotatable bonds is 4. The number of Topliss-reactive ketones (excluding diaryl/α,β-unsaturated/α-hetero) is 1. The van der Waals surface area contributed by atoms with Gasteiger partial charge in [-0.05, 0) is 5.92 Å². The largest absolute Gasteiger partial charge is 0.460 e. The van der Waals surface area contributed by atoms with E-state index in [0.717, 1.165) is 12.5 Å². The van der Waals surface area contributed by atoms with Gasteiger partial charge in [-0.2, -0.15) is 0 Å². The van der Waals surface area contributed by atoms with Gasteiger partial charge in [-0.1, -0.05) is 13.8 Å². The van der Waals surface area contributed by atoms with E-state index in [2.05, 4.69) is 0 Å². The van der Waals surface area contributed by atoms with Gasteiger partial charge >= 0.3 is 0 Å². The molecule has 15 heavy (non-hydrogen) atoms. The molecule has 0 radical (unpaired) electrons. The summed E-state index contributed by atoms with van der Waals surface area (Å²) < 4.78 is 27.2. The molecule has 1 rings (SSSR count). The smallest absolute Gasteiger partial charge is 0.198 e. The Morgan fingerprint density at radius 1 is 1.47 bits per heavy atom. The molecule has 1 aromatic heterocycles. The van der Waals surface area contributed by atoms with Crippen molar-refractivity contribution in [2.45, 2.75) is 25.2 Å². The summed E-state index contributed by atoms with van der Waals surface area (Å²) in [5.74, 6) is 0.174. The summed E-state index contributed by atoms with van der Waals surface area (Å²) in [6, 6.07) is 1.28. The molecular formula is C10H14O4S. The molecule has 1 aromatic rings. The van der Waals surface area contributed by atoms with Crippen molar-refractivity contribution in [3.05, 3.63) is 18.1 Å². The van der Waals surface area contributed by atoms with Crippen molar-refractivity contribution in [3.63, 3.8) is 0 Å². The topological polar surface area (TPSA) is 64.3 Å². The molecule has 0 aliphatic carbocycles. The second-order valence-corrected chi connectivity index (χ2v) is 5.96. The van der Waals surface area contributed by atoms with Crippen LogP contribution in [-0.2, 0) is 9.84 Å². The Labute approximate surface area is 89.2 Å². The van der Waals surface area contributed by atoms with Crippen molar-refractivity contribution in [2.24, 2.45) is 5.92 Å². The zero-order valence-corrected chi connectivity index (χ0v) is 9.80. The first kappa shape index (κ1) is 12.0. The van der Waals surface area contributed by atoms with Crippen LogP contribution in [0.1, 0.15) is 30.8 Å². The highest BCUT2D eigenvalue weighted by Gasteiger charge is 2.17. The zero-order valence-electron chi connectivity index (χ0n) is 8.98. The summed E-state index contributed by atoms with van der Waals surface area (Å²) in [6.07, 6.45) is 2.54. The molecule has 0 saturated heterocycles. The van der Waals surface area contributed by atoms with Crippen LogP contribution in [0.3, 0.4) is 0 Å². The Morgan fingerprint density at radius 2 is 2.07 bits per heavy atom. The van der Waals surface area contributed by atoms with Crippen LogP contribution in [0.15, 0.2) is 21.6 Å². The second kappa shape index (κ2) is 4.18. The standard InChI is InChI=1S/C10H14O4S/c1-7(2)4-9(11)10-5-8(6-14-10)15(3,12)13/h5-7H,4H2,1-3H3. The lowest BCUT2D eigenvalue weighted by Gasteiger charge is -1.99. The molecule has 84 valence electrons. The highest BCUT2D eigenvalue weighted by Crippen LogP contribution is 2.16. The average molecular weight is 230 g/mol. The number of ketones is 1. The quantitative estimate of drug-likeness (QED) is 0.741. The maximum atomic E-state index is 11.5. The van der Waals surface area contributed by atoms with Crippen LogP contribution in [0, 0.1) is 5.92 Å². The first-order valence-electron chi connectivity index (χ1n) is 4.62. The Bertz CT molecular complexity index is 454. The van der Waals surface area contributed by atoms with E-state index in [9.17, 15) is 13.2 Å². The van der Waals surface area contributed by atoms with Crippen LogP contribution in [0.5, 0.6) is 0 Å². The molecule has 4 nitrogen and oxygen atoms in total. The summed E-state index contributed by atoms with van der Waals surface area (Å²) in [7, 11) is -3.29. The Balaban J connectivity index is 2.90. The molecule has 0 fully saturated rings. The monoisotopic (exact) mass is 230 g/mol. The fraction of sp³-hybridized carbons (Fsp3) is 0.500. The van der Waals surface area contributed by atoms with Gasteiger partial charge in [0, 0.05) is 18.7 Å². The van der Waals surface area contributed by atoms with E-state index >= 15 is 0 Å². The molecule has 0 aromatic carbocycles. The minimum atomic E-state index is -3.29. The van der Waals surface area contributed by atoms with Gasteiger partial charge in [0.15, 0.2) is 21.4 Å². The van der Waals surface area contributed by atoms with Gasteiger partial charge in [0.2, 0.25) is 0 Å². The fourth-order valence-corrected chi connectivity index (χ4v) is 1.67. The summed E-state index contributed by atoms with van der Waals surface area (Å²) in [4.78, 5) is 11.6. The number of furan rings is 1. The molecule has 0 N–H and O–H groups in total. The molecule has 0 bridgehead atoms. The highest BCUT2D eigenvalue weighted by molar-refractivity contribution is 7.90. The molecule has 0 atom stereocenters. The number of carbonyl (C=O) groups excluding carboxylic acids is 1. The Hall–Kier alpha value is -1.10. The molecule has 0 unspecified atom stereocenters. The van der Waals surface area contributed by atoms with Gasteiger partial charge < -0.3 is 4.42 Å². The molecular weight excluding hydrogens is 216 g/mol. The normalized spacial score (nSPS) is 12.0. The third-order valence-corrected chi connectivity index (χ3v) is 2.94. The zero-order chi connectivity index (χ0) is 11.6. The number of hydrogen-bond acceptors (Lipinski definition) is 4. The second-order valence-electron chi connectivity index (χ2n) is 3.94. The van der Waals surface area contributed by atoms with E-state index in [1.165, 1.54) is 6.07 Å². The van der Waals surface area contributed by atoms with E-state index in [-0.39, 0.29) is 22.4 Å². The molecule has 0 aliphatic rings. The average Bonchev–Trinajstić information content (AvgIpc) is 2.48. The van der Waals surface area contributed by atoms with Gasteiger partial charge in [-0.25, -0.2) is 8.42 Å². The summed E-state index contributed by atoms with van der Waals surface area (Å²) in [5, 5.41) is 0. The lowest BCUT2D eigenvalue weighted by molar-refractivity contribution is 0.0940. The van der Waals surface area contributed by atoms with Crippen LogP contribution in [0.2, 0.25) is 0 Å². The predicted octanol–water partition coefficient (Wildman–Crippen LogP) is 1.91. The summed E-state index contributed by atoms with van der Waals surface area (Å²) >= 11 is 0. The van der Waals surface area contributed by atoms with Crippen molar-refractivity contribution in [1.29, 1.82) is 0 Å². The number of sulfone groups is 1. The first-order valence-corrected chi connectivity index (χ1v) is 6.51. The summed E-state index contributed by atoms with van der Waals surface area (Å²) in [6.45, 7) is 3.83. The van der Waals surface area contributed by atoms with E-state index in [1.807, 2.05) is 13.8 Å². The molecule has 0 saturated carbocycles. The van der Waals surface area contributed by atoms with Crippen LogP contribution < -0.4 is 0 Å². The predicted molar refractivity (Wildman–Crippen MR) is 55.6 cm³/mol. The molecule has 0 aliphatic heterocycles. The van der Waals surface area contributed by atoms with Crippen LogP contribution in [-0.4, -0.2) is 20.5 Å². The van der Waals surface area contributed by atoms with E-state index in [4.69, 9.17) is 4.42 Å². The summed E-state index contributed by atoms with van der Waals surface area (Å²) in [5.41, 5.74) is 0. The van der Waals surface area contributed by atoms with Crippen LogP contribution >= 0.6 is 0 Å². The van der Waals surface area contributed by atoms with Gasteiger partial charge in [0.25, 0.3) is 0 Å². The van der Waals surface area contributed by atoms with E-state index in [1.54, 1.807) is 0 Å². The van der Waals surface area contributed by atoms with E-state index in [0.29, 0.717) is 6.42 Å². The fourth-order valence-electron chi connectivity index (χ4n) is 1.13. The van der Waals surface area contributed by atoms with Gasteiger partial charge in [-0.3, -0.25) is 4.79 Å². The van der Waals surface area contributed by atoms with Crippen molar-refractivity contribution >= 4 is 15.6 Å². The van der Waals surface area contributed by atoms with Gasteiger partial charge in [0.1, 0.15) is 11.2 Å². The maximum Gasteiger partial charge on any atom is 0.198 e. The lowest BCUT2D eigenvalue weighted by Crippen LogP contribution is -2.02. The molecule has 1 heterocycles. The SMILES string of the molecule is CC(C)CC(=O)c1cc(S(C)(=O)=O)co1. The minimum Gasteiger partial charge on any atom is -0.460 e. The highest BCUT2D eigenvalue weighted by atomic mass is 32.2. The van der Waals surface area contributed by atoms with Crippen LogP contribution in [0.4, 0.5) is 0 Å². The van der Waals surface area contributed by atoms with Crippen molar-refractivity contribution < 1.29 is 17.6 Å².